The van der Waals surface area contributed by atoms with Crippen molar-refractivity contribution in [1.29, 1.82) is 0 Å². The molecule has 36 heavy (non-hydrogen) atoms. The van der Waals surface area contributed by atoms with Crippen LogP contribution >= 0.6 is 0 Å². The van der Waals surface area contributed by atoms with Gasteiger partial charge < -0.3 is 19.9 Å². The number of rotatable bonds is 6. The molecule has 2 N–H and O–H groups in total. The molecule has 186 valence electrons. The van der Waals surface area contributed by atoms with Gasteiger partial charge in [-0.15, -0.1) is 5.10 Å². The first-order valence-corrected chi connectivity index (χ1v) is 11.7. The second-order valence-corrected chi connectivity index (χ2v) is 9.82. The predicted molar refractivity (Wildman–Crippen MR) is 133 cm³/mol. The number of hydrogen-bond acceptors (Lipinski definition) is 9. The predicted octanol–water partition coefficient (Wildman–Crippen LogP) is 3.77. The van der Waals surface area contributed by atoms with Crippen LogP contribution in [0, 0.1) is 6.92 Å². The molecule has 1 unspecified atom stereocenters. The Bertz CT molecular complexity index is 1380. The Balaban J connectivity index is 1.34. The summed E-state index contributed by atoms with van der Waals surface area (Å²) in [6.07, 6.45) is 7.79. The first-order valence-electron chi connectivity index (χ1n) is 11.7. The zero-order chi connectivity index (χ0) is 25.3. The fourth-order valence-electron chi connectivity index (χ4n) is 3.81. The molecule has 5 rings (SSSR count). The number of anilines is 2. The van der Waals surface area contributed by atoms with Gasteiger partial charge in [-0.05, 0) is 25.5 Å². The van der Waals surface area contributed by atoms with E-state index in [9.17, 15) is 4.79 Å². The SMILES string of the molecule is Cc1ncc(C(=O)Nc2cc(C(C)(C)C)on2)cc1-n1cc(-c2cncc(NC3CCOC3)c2)nn1. The van der Waals surface area contributed by atoms with Gasteiger partial charge in [-0.25, -0.2) is 4.68 Å². The number of carbonyl (C=O) groups is 1. The van der Waals surface area contributed by atoms with Gasteiger partial charge >= 0.3 is 0 Å². The standard InChI is InChI=1S/C25H28N8O3/c1-15-21(8-17(11-27-15)24(34)29-23-9-22(36-31-23)25(2,3)4)33-13-20(30-32-33)16-7-19(12-26-10-16)28-18-5-6-35-14-18/h7-13,18,28H,5-6,14H2,1-4H3,(H,29,31,34). The Hall–Kier alpha value is -4.12. The number of aromatic nitrogens is 6. The van der Waals surface area contributed by atoms with Gasteiger partial charge in [-0.3, -0.25) is 14.8 Å². The molecule has 11 heteroatoms. The van der Waals surface area contributed by atoms with Crippen LogP contribution in [-0.2, 0) is 10.2 Å². The molecule has 4 aromatic heterocycles. The lowest BCUT2D eigenvalue weighted by molar-refractivity contribution is 0.102. The number of pyridine rings is 2. The summed E-state index contributed by atoms with van der Waals surface area (Å²) in [6, 6.07) is 5.70. The number of nitrogens with one attached hydrogen (secondary N) is 2. The highest BCUT2D eigenvalue weighted by Gasteiger charge is 2.21. The molecule has 1 amide bonds. The highest BCUT2D eigenvalue weighted by Crippen LogP contribution is 2.25. The number of amides is 1. The monoisotopic (exact) mass is 488 g/mol. The molecule has 0 bridgehead atoms. The Morgan fingerprint density at radius 1 is 1.17 bits per heavy atom. The first kappa shape index (κ1) is 23.6. The normalized spacial score (nSPS) is 15.7. The van der Waals surface area contributed by atoms with Crippen molar-refractivity contribution in [3.63, 3.8) is 0 Å². The molecule has 1 aliphatic heterocycles. The van der Waals surface area contributed by atoms with E-state index in [1.54, 1.807) is 35.4 Å². The van der Waals surface area contributed by atoms with Crippen molar-refractivity contribution in [2.45, 2.75) is 45.6 Å². The van der Waals surface area contributed by atoms with E-state index in [-0.39, 0.29) is 17.4 Å². The topological polar surface area (TPSA) is 133 Å². The van der Waals surface area contributed by atoms with Gasteiger partial charge in [-0.2, -0.15) is 0 Å². The van der Waals surface area contributed by atoms with Crippen molar-refractivity contribution in [2.75, 3.05) is 23.8 Å². The lowest BCUT2D eigenvalue weighted by Gasteiger charge is -2.12. The fraction of sp³-hybridized carbons (Fsp3) is 0.360. The Kier molecular flexibility index (Phi) is 6.23. The molecular formula is C25H28N8O3. The van der Waals surface area contributed by atoms with Gasteiger partial charge in [0.25, 0.3) is 5.91 Å². The molecule has 1 fully saturated rings. The minimum Gasteiger partial charge on any atom is -0.379 e. The Morgan fingerprint density at radius 2 is 2.03 bits per heavy atom. The van der Waals surface area contributed by atoms with E-state index in [2.05, 4.69) is 36.1 Å². The molecule has 0 saturated carbocycles. The van der Waals surface area contributed by atoms with Gasteiger partial charge in [-0.1, -0.05) is 31.1 Å². The van der Waals surface area contributed by atoms with E-state index in [1.165, 1.54) is 6.20 Å². The van der Waals surface area contributed by atoms with Crippen LogP contribution in [0.3, 0.4) is 0 Å². The summed E-state index contributed by atoms with van der Waals surface area (Å²) in [5, 5.41) is 18.7. The van der Waals surface area contributed by atoms with Crippen molar-refractivity contribution in [2.24, 2.45) is 0 Å². The van der Waals surface area contributed by atoms with Gasteiger partial charge in [0.15, 0.2) is 5.82 Å². The second-order valence-electron chi connectivity index (χ2n) is 9.82. The fourth-order valence-corrected chi connectivity index (χ4v) is 3.81. The lowest BCUT2D eigenvalue weighted by atomic mass is 9.93. The van der Waals surface area contributed by atoms with Gasteiger partial charge in [0.1, 0.15) is 11.5 Å². The van der Waals surface area contributed by atoms with Crippen molar-refractivity contribution in [1.82, 2.24) is 30.1 Å². The van der Waals surface area contributed by atoms with E-state index in [0.717, 1.165) is 24.3 Å². The van der Waals surface area contributed by atoms with E-state index < -0.39 is 0 Å². The summed E-state index contributed by atoms with van der Waals surface area (Å²) in [6.45, 7) is 9.33. The second kappa shape index (κ2) is 9.50. The molecule has 4 aromatic rings. The summed E-state index contributed by atoms with van der Waals surface area (Å²) in [7, 11) is 0. The third-order valence-electron chi connectivity index (χ3n) is 5.89. The zero-order valence-corrected chi connectivity index (χ0v) is 20.6. The van der Waals surface area contributed by atoms with Crippen molar-refractivity contribution in [3.05, 3.63) is 60.0 Å². The van der Waals surface area contributed by atoms with Crippen LogP contribution < -0.4 is 10.6 Å². The molecule has 0 radical (unpaired) electrons. The number of nitrogens with zero attached hydrogens (tertiary/aromatic N) is 6. The first-order chi connectivity index (χ1) is 17.3. The summed E-state index contributed by atoms with van der Waals surface area (Å²) in [5.74, 6) is 0.679. The van der Waals surface area contributed by atoms with Crippen LogP contribution in [0.4, 0.5) is 11.5 Å². The Labute approximate surface area is 208 Å². The van der Waals surface area contributed by atoms with Crippen LogP contribution in [0.1, 0.15) is 49.0 Å². The molecule has 1 aliphatic rings. The lowest BCUT2D eigenvalue weighted by Crippen LogP contribution is -2.18. The maximum atomic E-state index is 12.9. The van der Waals surface area contributed by atoms with Crippen molar-refractivity contribution >= 4 is 17.4 Å². The molecule has 1 saturated heterocycles. The van der Waals surface area contributed by atoms with Crippen molar-refractivity contribution < 1.29 is 14.1 Å². The molecule has 1 atom stereocenters. The van der Waals surface area contributed by atoms with Crippen LogP contribution in [0.25, 0.3) is 16.9 Å². The average Bonchev–Trinajstić information content (AvgIpc) is 3.61. The highest BCUT2D eigenvalue weighted by molar-refractivity contribution is 6.03. The third kappa shape index (κ3) is 5.10. The summed E-state index contributed by atoms with van der Waals surface area (Å²) in [4.78, 5) is 21.6. The van der Waals surface area contributed by atoms with Gasteiger partial charge in [0.2, 0.25) is 0 Å². The smallest absolute Gasteiger partial charge is 0.258 e. The third-order valence-corrected chi connectivity index (χ3v) is 5.89. The van der Waals surface area contributed by atoms with Gasteiger partial charge in [0, 0.05) is 42.2 Å². The molecule has 0 aliphatic carbocycles. The van der Waals surface area contributed by atoms with E-state index >= 15 is 0 Å². The number of ether oxygens (including phenoxy) is 1. The maximum Gasteiger partial charge on any atom is 0.258 e. The highest BCUT2D eigenvalue weighted by atomic mass is 16.5. The average molecular weight is 489 g/mol. The van der Waals surface area contributed by atoms with Crippen LogP contribution in [0.2, 0.25) is 0 Å². The van der Waals surface area contributed by atoms with Crippen molar-refractivity contribution in [3.8, 4) is 16.9 Å². The Morgan fingerprint density at radius 3 is 2.78 bits per heavy atom. The number of aryl methyl sites for hydroxylation is 1. The molecule has 5 heterocycles. The number of hydrogen-bond donors (Lipinski definition) is 2. The molecular weight excluding hydrogens is 460 g/mol. The molecule has 11 nitrogen and oxygen atoms in total. The minimum absolute atomic E-state index is 0.213. The largest absolute Gasteiger partial charge is 0.379 e. The summed E-state index contributed by atoms with van der Waals surface area (Å²) in [5.41, 5.74) is 3.87. The molecule has 0 aromatic carbocycles. The van der Waals surface area contributed by atoms with Crippen LogP contribution in [0.15, 0.2) is 47.5 Å². The molecule has 0 spiro atoms. The minimum atomic E-state index is -0.350. The summed E-state index contributed by atoms with van der Waals surface area (Å²) < 4.78 is 12.4. The number of carbonyl (C=O) groups excluding carboxylic acids is 1. The maximum absolute atomic E-state index is 12.9. The van der Waals surface area contributed by atoms with Gasteiger partial charge in [0.05, 0.1) is 41.5 Å². The van der Waals surface area contributed by atoms with Crippen LogP contribution in [0.5, 0.6) is 0 Å². The zero-order valence-electron chi connectivity index (χ0n) is 20.6. The quantitative estimate of drug-likeness (QED) is 0.416. The van der Waals surface area contributed by atoms with E-state index in [0.29, 0.717) is 40.8 Å². The van der Waals surface area contributed by atoms with E-state index in [4.69, 9.17) is 9.26 Å². The summed E-state index contributed by atoms with van der Waals surface area (Å²) >= 11 is 0. The van der Waals surface area contributed by atoms with E-state index in [1.807, 2.05) is 33.8 Å². The van der Waals surface area contributed by atoms with Crippen LogP contribution in [-0.4, -0.2) is 55.3 Å².